The second-order valence-electron chi connectivity index (χ2n) is 5.13. The Hall–Kier alpha value is -1.35. The normalized spacial score (nSPS) is 18.0. The second-order valence-corrected chi connectivity index (χ2v) is 7.73. The topological polar surface area (TPSA) is 38.3 Å². The van der Waals surface area contributed by atoms with Crippen LogP contribution < -0.4 is 9.82 Å². The number of amides is 1. The lowest BCUT2D eigenvalue weighted by Crippen LogP contribution is -2.21. The molecule has 0 saturated carbocycles. The molecular formula is C17H14BrClNO2P. The number of carbonyl (C=O) groups is 1. The van der Waals surface area contributed by atoms with E-state index in [2.05, 4.69) is 21.0 Å². The molecule has 118 valence electrons. The highest BCUT2D eigenvalue weighted by molar-refractivity contribution is 9.10. The molecule has 0 aliphatic carbocycles. The number of halogens is 2. The van der Waals surface area contributed by atoms with Gasteiger partial charge in [-0.15, -0.1) is 0 Å². The zero-order valence-electron chi connectivity index (χ0n) is 12.1. The van der Waals surface area contributed by atoms with Crippen molar-refractivity contribution in [1.29, 1.82) is 0 Å². The molecule has 2 atom stereocenters. The van der Waals surface area contributed by atoms with Gasteiger partial charge in [0.1, 0.15) is 11.5 Å². The van der Waals surface area contributed by atoms with Crippen LogP contribution in [0.5, 0.6) is 11.5 Å². The minimum absolute atomic E-state index is 0.0191. The third-order valence-electron chi connectivity index (χ3n) is 3.34. The van der Waals surface area contributed by atoms with Gasteiger partial charge in [0, 0.05) is 10.1 Å². The monoisotopic (exact) mass is 409 g/mol. The number of allylic oxidation sites excluding steroid dienone is 1. The van der Waals surface area contributed by atoms with Gasteiger partial charge in [-0.2, -0.15) is 0 Å². The van der Waals surface area contributed by atoms with Crippen molar-refractivity contribution in [2.45, 2.75) is 12.1 Å². The van der Waals surface area contributed by atoms with Gasteiger partial charge >= 0.3 is 0 Å². The predicted octanol–water partition coefficient (Wildman–Crippen LogP) is 5.09. The molecule has 3 nitrogen and oxygen atoms in total. The quantitative estimate of drug-likeness (QED) is 0.713. The number of rotatable bonds is 4. The molecule has 0 spiro atoms. The summed E-state index contributed by atoms with van der Waals surface area (Å²) in [5.74, 6) is 1.34. The first-order valence-electron chi connectivity index (χ1n) is 7.06. The zero-order chi connectivity index (χ0) is 16.2. The minimum Gasteiger partial charge on any atom is -0.456 e. The van der Waals surface area contributed by atoms with E-state index in [0.29, 0.717) is 25.2 Å². The SMILES string of the molecule is O=C1C=CC(Cc2ccc(Cl)c(Oc3cccc(Br)c3)c2)PN1. The van der Waals surface area contributed by atoms with Crippen molar-refractivity contribution >= 4 is 42.2 Å². The maximum Gasteiger partial charge on any atom is 0.246 e. The van der Waals surface area contributed by atoms with Gasteiger partial charge in [0.2, 0.25) is 5.91 Å². The number of hydrogen-bond acceptors (Lipinski definition) is 2. The molecule has 0 bridgehead atoms. The van der Waals surface area contributed by atoms with Gasteiger partial charge in [-0.05, 0) is 57.1 Å². The lowest BCUT2D eigenvalue weighted by atomic mass is 10.1. The number of nitrogens with one attached hydrogen (secondary N) is 1. The Morgan fingerprint density at radius 3 is 2.87 bits per heavy atom. The van der Waals surface area contributed by atoms with Crippen molar-refractivity contribution in [3.05, 3.63) is 69.7 Å². The van der Waals surface area contributed by atoms with E-state index >= 15 is 0 Å². The molecular weight excluding hydrogens is 397 g/mol. The van der Waals surface area contributed by atoms with E-state index in [9.17, 15) is 4.79 Å². The third-order valence-corrected chi connectivity index (χ3v) is 5.30. The first kappa shape index (κ1) is 16.5. The molecule has 1 amide bonds. The molecule has 2 aromatic rings. The van der Waals surface area contributed by atoms with Crippen molar-refractivity contribution in [2.75, 3.05) is 0 Å². The van der Waals surface area contributed by atoms with Crippen molar-refractivity contribution in [3.63, 3.8) is 0 Å². The maximum absolute atomic E-state index is 11.2. The Kier molecular flexibility index (Phi) is 5.37. The zero-order valence-corrected chi connectivity index (χ0v) is 15.4. The first-order valence-corrected chi connectivity index (χ1v) is 9.30. The standard InChI is InChI=1S/C17H14BrClNO2P/c18-12-2-1-3-13(10-12)22-16-9-11(4-6-15(16)19)8-14-5-7-17(21)20-23-14/h1-7,9-10,14,23H,8H2,(H,20,21). The van der Waals surface area contributed by atoms with E-state index in [1.54, 1.807) is 6.08 Å². The molecule has 0 fully saturated rings. The number of ether oxygens (including phenoxy) is 1. The summed E-state index contributed by atoms with van der Waals surface area (Å²) in [7, 11) is 0.398. The van der Waals surface area contributed by atoms with Crippen molar-refractivity contribution in [1.82, 2.24) is 5.09 Å². The molecule has 2 aromatic carbocycles. The van der Waals surface area contributed by atoms with Gasteiger partial charge in [0.15, 0.2) is 0 Å². The highest BCUT2D eigenvalue weighted by atomic mass is 79.9. The van der Waals surface area contributed by atoms with Crippen molar-refractivity contribution in [3.8, 4) is 11.5 Å². The maximum atomic E-state index is 11.2. The smallest absolute Gasteiger partial charge is 0.246 e. The Bertz CT molecular complexity index is 766. The van der Waals surface area contributed by atoms with Crippen LogP contribution in [-0.4, -0.2) is 11.6 Å². The Morgan fingerprint density at radius 2 is 2.13 bits per heavy atom. The van der Waals surface area contributed by atoms with E-state index < -0.39 is 0 Å². The van der Waals surface area contributed by atoms with Crippen LogP contribution in [0.4, 0.5) is 0 Å². The lowest BCUT2D eigenvalue weighted by Gasteiger charge is -2.17. The fourth-order valence-corrected chi connectivity index (χ4v) is 3.72. The molecule has 1 aliphatic rings. The van der Waals surface area contributed by atoms with E-state index in [0.717, 1.165) is 22.2 Å². The molecule has 2 unspecified atom stereocenters. The summed E-state index contributed by atoms with van der Waals surface area (Å²) in [5, 5.41) is 3.44. The largest absolute Gasteiger partial charge is 0.456 e. The lowest BCUT2D eigenvalue weighted by molar-refractivity contribution is -0.114. The van der Waals surface area contributed by atoms with E-state index in [1.807, 2.05) is 48.5 Å². The van der Waals surface area contributed by atoms with Crippen LogP contribution in [0.3, 0.4) is 0 Å². The van der Waals surface area contributed by atoms with Gasteiger partial charge in [-0.3, -0.25) is 4.79 Å². The number of benzene rings is 2. The summed E-state index contributed by atoms with van der Waals surface area (Å²) in [6.07, 6.45) is 4.39. The van der Waals surface area contributed by atoms with Crippen molar-refractivity contribution in [2.24, 2.45) is 0 Å². The van der Waals surface area contributed by atoms with Crippen LogP contribution in [-0.2, 0) is 11.2 Å². The molecule has 1 N–H and O–H groups in total. The minimum atomic E-state index is -0.0191. The van der Waals surface area contributed by atoms with Crippen LogP contribution in [0.15, 0.2) is 59.1 Å². The Labute approximate surface area is 150 Å². The first-order chi connectivity index (χ1) is 11.1. The highest BCUT2D eigenvalue weighted by Gasteiger charge is 2.14. The fourth-order valence-electron chi connectivity index (χ4n) is 2.24. The van der Waals surface area contributed by atoms with Crippen LogP contribution in [0.25, 0.3) is 0 Å². The second kappa shape index (κ2) is 7.48. The summed E-state index contributed by atoms with van der Waals surface area (Å²) < 4.78 is 6.84. The molecule has 3 rings (SSSR count). The van der Waals surface area contributed by atoms with Crippen LogP contribution >= 0.6 is 36.3 Å². The summed E-state index contributed by atoms with van der Waals surface area (Å²) >= 11 is 9.67. The van der Waals surface area contributed by atoms with Gasteiger partial charge in [0.05, 0.1) is 5.02 Å². The average Bonchev–Trinajstić information content (AvgIpc) is 2.53. The molecule has 23 heavy (non-hydrogen) atoms. The molecule has 0 aromatic heterocycles. The van der Waals surface area contributed by atoms with Crippen LogP contribution in [0.2, 0.25) is 5.02 Å². The highest BCUT2D eigenvalue weighted by Crippen LogP contribution is 2.33. The van der Waals surface area contributed by atoms with E-state index in [4.69, 9.17) is 16.3 Å². The Balaban J connectivity index is 1.76. The molecule has 0 radical (unpaired) electrons. The average molecular weight is 411 g/mol. The van der Waals surface area contributed by atoms with Crippen molar-refractivity contribution < 1.29 is 9.53 Å². The number of carbonyl (C=O) groups excluding carboxylic acids is 1. The summed E-state index contributed by atoms with van der Waals surface area (Å²) in [6.45, 7) is 0. The molecule has 0 saturated heterocycles. The summed E-state index contributed by atoms with van der Waals surface area (Å²) in [4.78, 5) is 11.2. The van der Waals surface area contributed by atoms with Crippen LogP contribution in [0.1, 0.15) is 5.56 Å². The molecule has 6 heteroatoms. The van der Waals surface area contributed by atoms with Gasteiger partial charge in [-0.1, -0.05) is 45.7 Å². The van der Waals surface area contributed by atoms with Gasteiger partial charge in [-0.25, -0.2) is 0 Å². The van der Waals surface area contributed by atoms with Gasteiger partial charge in [0.25, 0.3) is 0 Å². The summed E-state index contributed by atoms with van der Waals surface area (Å²) in [5.41, 5.74) is 1.44. The molecule has 1 heterocycles. The molecule has 1 aliphatic heterocycles. The van der Waals surface area contributed by atoms with Gasteiger partial charge < -0.3 is 9.82 Å². The fraction of sp³-hybridized carbons (Fsp3) is 0.118. The van der Waals surface area contributed by atoms with E-state index in [1.165, 1.54) is 0 Å². The van der Waals surface area contributed by atoms with Crippen LogP contribution in [0, 0.1) is 0 Å². The summed E-state index contributed by atoms with van der Waals surface area (Å²) in [6, 6.07) is 13.4. The Morgan fingerprint density at radius 1 is 1.26 bits per heavy atom. The predicted molar refractivity (Wildman–Crippen MR) is 98.8 cm³/mol. The third kappa shape index (κ3) is 4.57. The van der Waals surface area contributed by atoms with E-state index in [-0.39, 0.29) is 5.91 Å². The number of hydrogen-bond donors (Lipinski definition) is 1.